The predicted octanol–water partition coefficient (Wildman–Crippen LogP) is 6.53. The summed E-state index contributed by atoms with van der Waals surface area (Å²) in [5.41, 5.74) is 10.7. The molecule has 2 heterocycles. The minimum Gasteiger partial charge on any atom is -0.488 e. The van der Waals surface area contributed by atoms with Gasteiger partial charge in [0.25, 0.3) is 0 Å². The lowest BCUT2D eigenvalue weighted by Gasteiger charge is -2.33. The number of rotatable bonds is 7. The van der Waals surface area contributed by atoms with Gasteiger partial charge in [-0.1, -0.05) is 57.5 Å². The van der Waals surface area contributed by atoms with Crippen LogP contribution < -0.4 is 21.3 Å². The minimum atomic E-state index is -3.78. The van der Waals surface area contributed by atoms with Crippen molar-refractivity contribution in [2.24, 2.45) is 11.3 Å². The van der Waals surface area contributed by atoms with Crippen molar-refractivity contribution in [3.63, 3.8) is 0 Å². The van der Waals surface area contributed by atoms with Crippen molar-refractivity contribution in [2.45, 2.75) is 71.4 Å². The number of para-hydroxylation sites is 1. The summed E-state index contributed by atoms with van der Waals surface area (Å²) in [6, 6.07) is 13.0. The summed E-state index contributed by atoms with van der Waals surface area (Å²) < 4.78 is 35.5. The smallest absolute Gasteiger partial charge is 0.247 e. The van der Waals surface area contributed by atoms with Gasteiger partial charge in [-0.3, -0.25) is 0 Å². The molecule has 39 heavy (non-hydrogen) atoms. The summed E-state index contributed by atoms with van der Waals surface area (Å²) in [5.74, 6) is 6.54. The molecule has 1 aliphatic rings. The molecule has 0 amide bonds. The highest BCUT2D eigenvalue weighted by atomic mass is 35.5. The number of benzene rings is 2. The van der Waals surface area contributed by atoms with E-state index in [-0.39, 0.29) is 35.4 Å². The van der Waals surface area contributed by atoms with Gasteiger partial charge in [0.05, 0.1) is 22.3 Å². The number of nitrogens with zero attached hydrogens (tertiary/aromatic N) is 2. The lowest BCUT2D eigenvalue weighted by molar-refractivity contribution is 0.168. The Morgan fingerprint density at radius 3 is 2.54 bits per heavy atom. The van der Waals surface area contributed by atoms with Gasteiger partial charge >= 0.3 is 0 Å². The SMILES string of the molecule is CC[C@@H]1CN(Cc2cc(C(c3ccc(N(N)CC)c(N)c3C)C(C)(C)C)sc2Cl)S(=O)(=O)c2ccccc2O1. The molecule has 10 heteroatoms. The number of fused-ring (bicyclic) bond motifs is 1. The van der Waals surface area contributed by atoms with E-state index in [1.807, 2.05) is 26.8 Å². The molecule has 0 spiro atoms. The topological polar surface area (TPSA) is 102 Å². The van der Waals surface area contributed by atoms with Crippen molar-refractivity contribution in [3.8, 4) is 5.75 Å². The highest BCUT2D eigenvalue weighted by Crippen LogP contribution is 2.48. The average Bonchev–Trinajstić information content (AvgIpc) is 3.18. The Kier molecular flexibility index (Phi) is 8.59. The third-order valence-corrected chi connectivity index (χ3v) is 10.7. The Hall–Kier alpha value is -2.30. The Bertz CT molecular complexity index is 1450. The fourth-order valence-electron chi connectivity index (χ4n) is 5.18. The van der Waals surface area contributed by atoms with Crippen molar-refractivity contribution in [1.29, 1.82) is 0 Å². The molecule has 212 valence electrons. The van der Waals surface area contributed by atoms with E-state index in [2.05, 4.69) is 32.9 Å². The number of hydrogen-bond acceptors (Lipinski definition) is 7. The molecular formula is C29H39ClN4O3S2. The first-order valence-corrected chi connectivity index (χ1v) is 15.9. The van der Waals surface area contributed by atoms with Crippen LogP contribution in [-0.2, 0) is 16.6 Å². The zero-order chi connectivity index (χ0) is 28.7. The molecule has 0 radical (unpaired) electrons. The molecule has 4 N–H and O–H groups in total. The highest BCUT2D eigenvalue weighted by Gasteiger charge is 2.36. The summed E-state index contributed by atoms with van der Waals surface area (Å²) >= 11 is 8.32. The van der Waals surface area contributed by atoms with Crippen molar-refractivity contribution < 1.29 is 13.2 Å². The molecule has 0 saturated heterocycles. The number of thiophene rings is 1. The van der Waals surface area contributed by atoms with Gasteiger partial charge in [-0.05, 0) is 66.6 Å². The lowest BCUT2D eigenvalue weighted by atomic mass is 9.74. The highest BCUT2D eigenvalue weighted by molar-refractivity contribution is 7.89. The van der Waals surface area contributed by atoms with Crippen LogP contribution in [0.5, 0.6) is 5.75 Å². The largest absolute Gasteiger partial charge is 0.488 e. The van der Waals surface area contributed by atoms with E-state index in [0.29, 0.717) is 28.7 Å². The molecule has 4 rings (SSSR count). The van der Waals surface area contributed by atoms with Crippen LogP contribution in [0.1, 0.15) is 68.5 Å². The number of hydrogen-bond donors (Lipinski definition) is 2. The van der Waals surface area contributed by atoms with Gasteiger partial charge in [0.15, 0.2) is 0 Å². The summed E-state index contributed by atoms with van der Waals surface area (Å²) in [7, 11) is -3.78. The van der Waals surface area contributed by atoms with Crippen LogP contribution in [-0.4, -0.2) is 31.9 Å². The van der Waals surface area contributed by atoms with Gasteiger partial charge in [-0.2, -0.15) is 4.31 Å². The van der Waals surface area contributed by atoms with E-state index < -0.39 is 10.0 Å². The first kappa shape index (κ1) is 29.7. The molecule has 1 aromatic heterocycles. The maximum absolute atomic E-state index is 13.7. The quantitative estimate of drug-likeness (QED) is 0.184. The normalized spacial score (nSPS) is 18.2. The third kappa shape index (κ3) is 5.79. The number of nitrogen functional groups attached to an aromatic ring is 1. The Balaban J connectivity index is 1.74. The second kappa shape index (κ2) is 11.3. The monoisotopic (exact) mass is 590 g/mol. The number of halogens is 1. The lowest BCUT2D eigenvalue weighted by Crippen LogP contribution is -2.36. The number of nitrogens with two attached hydrogens (primary N) is 2. The Morgan fingerprint density at radius 1 is 1.21 bits per heavy atom. The standard InChI is InChI=1S/C29H39ClN4O3S2/c1-7-20-17-33(39(35,36)25-12-10-9-11-23(25)37-20)16-19-15-24(38-28(19)30)26(29(4,5)6)21-13-14-22(34(32)8-2)27(31)18(21)3/h9-15,20,26H,7-8,16-17,31-32H2,1-6H3/t20-,26?/m1/s1. The molecule has 1 aliphatic heterocycles. The van der Waals surface area contributed by atoms with E-state index in [4.69, 9.17) is 27.9 Å². The van der Waals surface area contributed by atoms with Crippen LogP contribution in [0.2, 0.25) is 4.34 Å². The molecule has 2 aromatic carbocycles. The first-order chi connectivity index (χ1) is 18.3. The maximum atomic E-state index is 13.7. The summed E-state index contributed by atoms with van der Waals surface area (Å²) in [6.45, 7) is 13.6. The Morgan fingerprint density at radius 2 is 1.90 bits per heavy atom. The number of sulfonamides is 1. The zero-order valence-corrected chi connectivity index (χ0v) is 25.9. The van der Waals surface area contributed by atoms with Gasteiger partial charge in [0, 0.05) is 23.9 Å². The predicted molar refractivity (Wildman–Crippen MR) is 162 cm³/mol. The van der Waals surface area contributed by atoms with Gasteiger partial charge in [0.2, 0.25) is 10.0 Å². The van der Waals surface area contributed by atoms with Crippen LogP contribution >= 0.6 is 22.9 Å². The molecule has 2 atom stereocenters. The van der Waals surface area contributed by atoms with Crippen molar-refractivity contribution in [1.82, 2.24) is 4.31 Å². The van der Waals surface area contributed by atoms with E-state index >= 15 is 0 Å². The molecule has 0 fully saturated rings. The van der Waals surface area contributed by atoms with Crippen LogP contribution in [0.4, 0.5) is 11.4 Å². The second-order valence-corrected chi connectivity index (χ2v) is 14.7. The molecule has 1 unspecified atom stereocenters. The maximum Gasteiger partial charge on any atom is 0.247 e. The first-order valence-electron chi connectivity index (χ1n) is 13.2. The van der Waals surface area contributed by atoms with Gasteiger partial charge in [-0.25, -0.2) is 14.3 Å². The van der Waals surface area contributed by atoms with Crippen LogP contribution in [0, 0.1) is 12.3 Å². The molecule has 0 saturated carbocycles. The third-order valence-electron chi connectivity index (χ3n) is 7.39. The van der Waals surface area contributed by atoms with E-state index in [0.717, 1.165) is 27.3 Å². The molecular weight excluding hydrogens is 552 g/mol. The van der Waals surface area contributed by atoms with Crippen molar-refractivity contribution in [2.75, 3.05) is 23.8 Å². The van der Waals surface area contributed by atoms with Gasteiger partial charge in [0.1, 0.15) is 16.7 Å². The Labute approximate surface area is 241 Å². The van der Waals surface area contributed by atoms with Crippen LogP contribution in [0.15, 0.2) is 47.4 Å². The van der Waals surface area contributed by atoms with E-state index in [1.54, 1.807) is 29.3 Å². The molecule has 3 aromatic rings. The summed E-state index contributed by atoms with van der Waals surface area (Å²) in [5, 5.41) is 1.64. The number of ether oxygens (including phenoxy) is 1. The van der Waals surface area contributed by atoms with Crippen molar-refractivity contribution >= 4 is 44.3 Å². The summed E-state index contributed by atoms with van der Waals surface area (Å²) in [6.07, 6.45) is 0.432. The fourth-order valence-corrected chi connectivity index (χ4v) is 8.40. The molecule has 0 bridgehead atoms. The number of anilines is 2. The van der Waals surface area contributed by atoms with Crippen molar-refractivity contribution in [3.05, 3.63) is 68.4 Å². The molecule has 7 nitrogen and oxygen atoms in total. The van der Waals surface area contributed by atoms with Crippen LogP contribution in [0.25, 0.3) is 0 Å². The molecule has 0 aliphatic carbocycles. The second-order valence-electron chi connectivity index (χ2n) is 11.1. The van der Waals surface area contributed by atoms with Gasteiger partial charge < -0.3 is 15.5 Å². The fraction of sp³-hybridized carbons (Fsp3) is 0.448. The summed E-state index contributed by atoms with van der Waals surface area (Å²) in [4.78, 5) is 1.25. The van der Waals surface area contributed by atoms with Crippen LogP contribution in [0.3, 0.4) is 0 Å². The average molecular weight is 591 g/mol. The van der Waals surface area contributed by atoms with E-state index in [9.17, 15) is 8.42 Å². The van der Waals surface area contributed by atoms with Gasteiger partial charge in [-0.15, -0.1) is 11.3 Å². The minimum absolute atomic E-state index is 0.00820. The zero-order valence-electron chi connectivity index (χ0n) is 23.5. The number of hydrazine groups is 1. The van der Waals surface area contributed by atoms with E-state index in [1.165, 1.54) is 15.6 Å².